The van der Waals surface area contributed by atoms with E-state index in [9.17, 15) is 4.79 Å². The van der Waals surface area contributed by atoms with Crippen LogP contribution in [0.5, 0.6) is 0 Å². The van der Waals surface area contributed by atoms with Crippen molar-refractivity contribution in [1.29, 1.82) is 0 Å². The molecule has 5 rings (SSSR count). The number of aromatic nitrogens is 2. The zero-order valence-corrected chi connectivity index (χ0v) is 23.2. The normalized spacial score (nSPS) is 13.5. The van der Waals surface area contributed by atoms with Crippen molar-refractivity contribution in [3.8, 4) is 11.3 Å². The van der Waals surface area contributed by atoms with Gasteiger partial charge in [-0.2, -0.15) is 0 Å². The molecule has 0 aliphatic carbocycles. The van der Waals surface area contributed by atoms with E-state index in [0.29, 0.717) is 16.3 Å². The highest BCUT2D eigenvalue weighted by Crippen LogP contribution is 2.32. The highest BCUT2D eigenvalue weighted by molar-refractivity contribution is 8.00. The van der Waals surface area contributed by atoms with E-state index in [2.05, 4.69) is 34.5 Å². The van der Waals surface area contributed by atoms with Crippen molar-refractivity contribution in [1.82, 2.24) is 9.97 Å². The van der Waals surface area contributed by atoms with Crippen molar-refractivity contribution in [2.75, 3.05) is 21.9 Å². The number of pyridine rings is 2. The molecule has 0 spiro atoms. The Morgan fingerprint density at radius 1 is 1.03 bits per heavy atom. The first-order chi connectivity index (χ1) is 18.0. The predicted octanol–water partition coefficient (Wildman–Crippen LogP) is 8.57. The van der Waals surface area contributed by atoms with Gasteiger partial charge in [0.25, 0.3) is 5.91 Å². The molecule has 7 heteroatoms. The molecule has 0 bridgehead atoms. The van der Waals surface area contributed by atoms with Crippen molar-refractivity contribution in [2.45, 2.75) is 46.5 Å². The fraction of sp³-hybridized carbons (Fsp3) is 0.300. The lowest BCUT2D eigenvalue weighted by atomic mass is 10.1. The second-order valence-electron chi connectivity index (χ2n) is 9.09. The number of amides is 1. The molecule has 1 aliphatic rings. The monoisotopic (exact) mass is 532 g/mol. The van der Waals surface area contributed by atoms with Crippen molar-refractivity contribution in [2.24, 2.45) is 0 Å². The number of hydrogen-bond donors (Lipinski definition) is 1. The standard InChI is InChI=1S/C27H25ClN4OS.C3H8/c1-18-16-20(32-14-3-2-4-15-34-32)8-9-21(18)27(33)30-19-7-10-23(28)22(17-19)24-11-12-25-26(31-24)6-5-13-29-25;1-3-2/h5-13,16-17H,2-4,14-15H2,1H3,(H,30,33);3H2,1-2H3. The molecule has 3 heterocycles. The summed E-state index contributed by atoms with van der Waals surface area (Å²) in [6.07, 6.45) is 6.73. The van der Waals surface area contributed by atoms with Crippen LogP contribution in [-0.4, -0.2) is 28.2 Å². The molecule has 37 heavy (non-hydrogen) atoms. The Morgan fingerprint density at radius 2 is 1.86 bits per heavy atom. The SMILES string of the molecule is CCC.Cc1cc(N2CCCCCS2)ccc1C(=O)Nc1ccc(Cl)c(-c2ccc3ncccc3n2)c1. The molecule has 1 fully saturated rings. The van der Waals surface area contributed by atoms with Crippen molar-refractivity contribution in [3.63, 3.8) is 0 Å². The third kappa shape index (κ3) is 6.82. The van der Waals surface area contributed by atoms with Gasteiger partial charge in [0.15, 0.2) is 0 Å². The number of fused-ring (bicyclic) bond motifs is 1. The topological polar surface area (TPSA) is 58.1 Å². The molecule has 1 aliphatic heterocycles. The summed E-state index contributed by atoms with van der Waals surface area (Å²) in [6, 6.07) is 19.1. The Balaban J connectivity index is 0.00000102. The molecule has 192 valence electrons. The zero-order chi connectivity index (χ0) is 26.2. The van der Waals surface area contributed by atoms with Crippen LogP contribution >= 0.6 is 23.5 Å². The largest absolute Gasteiger partial charge is 0.322 e. The van der Waals surface area contributed by atoms with Crippen LogP contribution in [0.3, 0.4) is 0 Å². The maximum Gasteiger partial charge on any atom is 0.255 e. The summed E-state index contributed by atoms with van der Waals surface area (Å²) in [6.45, 7) is 7.28. The van der Waals surface area contributed by atoms with Crippen LogP contribution in [0.15, 0.2) is 66.9 Å². The Kier molecular flexibility index (Phi) is 9.42. The molecule has 0 unspecified atom stereocenters. The Bertz CT molecular complexity index is 1370. The molecule has 1 N–H and O–H groups in total. The minimum absolute atomic E-state index is 0.142. The molecule has 2 aromatic heterocycles. The van der Waals surface area contributed by atoms with Gasteiger partial charge in [-0.15, -0.1) is 0 Å². The average molecular weight is 533 g/mol. The van der Waals surface area contributed by atoms with Crippen LogP contribution in [0.4, 0.5) is 11.4 Å². The van der Waals surface area contributed by atoms with Gasteiger partial charge in [-0.1, -0.05) is 38.3 Å². The number of aryl methyl sites for hydroxylation is 1. The summed E-state index contributed by atoms with van der Waals surface area (Å²) in [5.74, 6) is 1.000. The summed E-state index contributed by atoms with van der Waals surface area (Å²) in [4.78, 5) is 22.1. The number of nitrogens with one attached hydrogen (secondary N) is 1. The van der Waals surface area contributed by atoms with E-state index in [1.54, 1.807) is 12.3 Å². The molecule has 4 aromatic rings. The van der Waals surface area contributed by atoms with Crippen LogP contribution in [0.2, 0.25) is 5.02 Å². The van der Waals surface area contributed by atoms with Gasteiger partial charge < -0.3 is 9.62 Å². The van der Waals surface area contributed by atoms with Crippen LogP contribution < -0.4 is 9.62 Å². The summed E-state index contributed by atoms with van der Waals surface area (Å²) in [7, 11) is 0. The summed E-state index contributed by atoms with van der Waals surface area (Å²) >= 11 is 8.36. The Morgan fingerprint density at radius 3 is 2.68 bits per heavy atom. The summed E-state index contributed by atoms with van der Waals surface area (Å²) in [5.41, 5.74) is 6.56. The maximum absolute atomic E-state index is 13.1. The molecule has 1 saturated heterocycles. The summed E-state index contributed by atoms with van der Waals surface area (Å²) in [5, 5.41) is 3.60. The first-order valence-electron chi connectivity index (χ1n) is 12.8. The summed E-state index contributed by atoms with van der Waals surface area (Å²) < 4.78 is 2.35. The second-order valence-corrected chi connectivity index (χ2v) is 10.6. The highest BCUT2D eigenvalue weighted by Gasteiger charge is 2.16. The molecule has 2 aromatic carbocycles. The third-order valence-corrected chi connectivity index (χ3v) is 7.46. The minimum Gasteiger partial charge on any atom is -0.322 e. The number of nitrogens with zero attached hydrogens (tertiary/aromatic N) is 3. The number of anilines is 2. The smallest absolute Gasteiger partial charge is 0.255 e. The van der Waals surface area contributed by atoms with E-state index >= 15 is 0 Å². The third-order valence-electron chi connectivity index (χ3n) is 5.95. The molecular formula is C30H33ClN4OS. The maximum atomic E-state index is 13.1. The van der Waals surface area contributed by atoms with Crippen LogP contribution in [0, 0.1) is 6.92 Å². The van der Waals surface area contributed by atoms with Crippen LogP contribution in [0.1, 0.15) is 55.5 Å². The van der Waals surface area contributed by atoms with Gasteiger partial charge in [0, 0.05) is 41.0 Å². The zero-order valence-electron chi connectivity index (χ0n) is 21.6. The van der Waals surface area contributed by atoms with E-state index in [4.69, 9.17) is 16.6 Å². The number of halogens is 1. The number of benzene rings is 2. The number of rotatable bonds is 4. The van der Waals surface area contributed by atoms with Gasteiger partial charge in [-0.3, -0.25) is 9.78 Å². The van der Waals surface area contributed by atoms with Crippen molar-refractivity contribution >= 4 is 51.9 Å². The fourth-order valence-corrected chi connectivity index (χ4v) is 5.43. The first-order valence-corrected chi connectivity index (χ1v) is 14.2. The van der Waals surface area contributed by atoms with Crippen molar-refractivity contribution in [3.05, 3.63) is 83.0 Å². The van der Waals surface area contributed by atoms with Crippen LogP contribution in [-0.2, 0) is 0 Å². The molecule has 1 amide bonds. The average Bonchev–Trinajstić information content (AvgIpc) is 3.20. The number of carbonyl (C=O) groups is 1. The van der Waals surface area contributed by atoms with Crippen LogP contribution in [0.25, 0.3) is 22.3 Å². The lowest BCUT2D eigenvalue weighted by Gasteiger charge is -2.22. The molecule has 5 nitrogen and oxygen atoms in total. The van der Waals surface area contributed by atoms with Crippen molar-refractivity contribution < 1.29 is 4.79 Å². The van der Waals surface area contributed by atoms with E-state index in [-0.39, 0.29) is 5.91 Å². The van der Waals surface area contributed by atoms with Gasteiger partial charge in [-0.25, -0.2) is 4.98 Å². The molecule has 0 radical (unpaired) electrons. The Hall–Kier alpha value is -3.09. The van der Waals surface area contributed by atoms with Gasteiger partial charge in [-0.05, 0) is 97.9 Å². The van der Waals surface area contributed by atoms with E-state index in [1.165, 1.54) is 25.7 Å². The fourth-order valence-electron chi connectivity index (χ4n) is 4.14. The number of hydrogen-bond acceptors (Lipinski definition) is 5. The van der Waals surface area contributed by atoms with E-state index in [1.807, 2.05) is 67.4 Å². The minimum atomic E-state index is -0.142. The van der Waals surface area contributed by atoms with Gasteiger partial charge in [0.2, 0.25) is 0 Å². The van der Waals surface area contributed by atoms with E-state index in [0.717, 1.165) is 45.8 Å². The van der Waals surface area contributed by atoms with Gasteiger partial charge in [0.1, 0.15) is 0 Å². The Labute approximate surface area is 228 Å². The lowest BCUT2D eigenvalue weighted by molar-refractivity contribution is 0.102. The van der Waals surface area contributed by atoms with E-state index < -0.39 is 0 Å². The first kappa shape index (κ1) is 27.0. The van der Waals surface area contributed by atoms with Gasteiger partial charge in [0.05, 0.1) is 21.7 Å². The molecule has 0 atom stereocenters. The molecular weight excluding hydrogens is 500 g/mol. The van der Waals surface area contributed by atoms with Gasteiger partial charge >= 0.3 is 0 Å². The number of carbonyl (C=O) groups excluding carboxylic acids is 1. The second kappa shape index (κ2) is 12.9. The molecule has 0 saturated carbocycles. The quantitative estimate of drug-likeness (QED) is 0.267. The lowest BCUT2D eigenvalue weighted by Crippen LogP contribution is -2.17. The predicted molar refractivity (Wildman–Crippen MR) is 159 cm³/mol. The highest BCUT2D eigenvalue weighted by atomic mass is 35.5.